The first kappa shape index (κ1) is 52.1. The Morgan fingerprint density at radius 1 is 0.471 bits per heavy atom. The summed E-state index contributed by atoms with van der Waals surface area (Å²) in [6, 6.07) is 26.7. The summed E-state index contributed by atoms with van der Waals surface area (Å²) >= 11 is 0. The van der Waals surface area contributed by atoms with E-state index in [2.05, 4.69) is 73.9 Å². The van der Waals surface area contributed by atoms with Crippen LogP contribution >= 0.6 is 0 Å². The van der Waals surface area contributed by atoms with Crippen molar-refractivity contribution in [1.29, 1.82) is 0 Å². The molecule has 70 heavy (non-hydrogen) atoms. The third-order valence-electron chi connectivity index (χ3n) is 13.9. The number of hydrogen-bond donors (Lipinski definition) is 0. The number of para-hydroxylation sites is 4. The van der Waals surface area contributed by atoms with Crippen LogP contribution in [0.5, 0.6) is 34.5 Å². The summed E-state index contributed by atoms with van der Waals surface area (Å²) in [4.78, 5) is 39.5. The molecule has 0 saturated carbocycles. The lowest BCUT2D eigenvalue weighted by Gasteiger charge is -2.40. The highest BCUT2D eigenvalue weighted by atomic mass is 16.5. The molecule has 2 fully saturated rings. The number of carbonyl (C=O) groups excluding carboxylic acids is 2. The second-order valence-electron chi connectivity index (χ2n) is 18.7. The van der Waals surface area contributed by atoms with Crippen molar-refractivity contribution in [1.82, 2.24) is 9.80 Å². The number of rotatable bonds is 26. The summed E-state index contributed by atoms with van der Waals surface area (Å²) in [6.45, 7) is 20.9. The van der Waals surface area contributed by atoms with E-state index in [1.54, 1.807) is 0 Å². The third-order valence-corrected chi connectivity index (χ3v) is 13.9. The largest absolute Gasteiger partial charge is 0.492 e. The summed E-state index contributed by atoms with van der Waals surface area (Å²) in [7, 11) is 0. The second kappa shape index (κ2) is 26.4. The average Bonchev–Trinajstić information content (AvgIpc) is 3.69. The predicted octanol–water partition coefficient (Wildman–Crippen LogP) is 11.1. The zero-order valence-electron chi connectivity index (χ0n) is 43.1. The molecule has 2 saturated heterocycles. The zero-order valence-corrected chi connectivity index (χ0v) is 43.1. The third kappa shape index (κ3) is 12.8. The number of piperazine rings is 2. The number of fused-ring (bicyclic) bond motifs is 1. The lowest BCUT2D eigenvalue weighted by Crippen LogP contribution is -2.52. The molecule has 0 N–H and O–H groups in total. The van der Waals surface area contributed by atoms with E-state index >= 15 is 9.59 Å². The highest BCUT2D eigenvalue weighted by molar-refractivity contribution is 5.87. The van der Waals surface area contributed by atoms with E-state index in [9.17, 15) is 0 Å². The minimum atomic E-state index is -0.592. The van der Waals surface area contributed by atoms with Gasteiger partial charge in [-0.1, -0.05) is 83.7 Å². The van der Waals surface area contributed by atoms with Gasteiger partial charge < -0.3 is 48.0 Å². The minimum absolute atomic E-state index is 0.0458. The zero-order chi connectivity index (χ0) is 49.2. The van der Waals surface area contributed by atoms with Crippen LogP contribution in [0.2, 0.25) is 0 Å². The number of amides is 2. The van der Waals surface area contributed by atoms with Crippen molar-refractivity contribution >= 4 is 23.2 Å². The molecule has 3 atom stereocenters. The van der Waals surface area contributed by atoms with Crippen molar-refractivity contribution in [2.24, 2.45) is 5.92 Å². The maximum absolute atomic E-state index is 15.9. The van der Waals surface area contributed by atoms with E-state index in [1.165, 1.54) is 0 Å². The van der Waals surface area contributed by atoms with Gasteiger partial charge in [0, 0.05) is 70.6 Å². The van der Waals surface area contributed by atoms with Crippen molar-refractivity contribution in [2.45, 2.75) is 111 Å². The maximum atomic E-state index is 15.9. The van der Waals surface area contributed by atoms with E-state index < -0.39 is 17.8 Å². The topological polar surface area (TPSA) is 102 Å². The molecule has 0 aromatic heterocycles. The summed E-state index contributed by atoms with van der Waals surface area (Å²) in [6.07, 6.45) is 7.81. The maximum Gasteiger partial charge on any atom is 0.227 e. The predicted molar refractivity (Wildman–Crippen MR) is 280 cm³/mol. The van der Waals surface area contributed by atoms with E-state index in [0.717, 1.165) is 90.9 Å². The fourth-order valence-corrected chi connectivity index (χ4v) is 10.1. The molecule has 3 unspecified atom stereocenters. The number of ether oxygens (including phenoxy) is 6. The smallest absolute Gasteiger partial charge is 0.227 e. The van der Waals surface area contributed by atoms with Gasteiger partial charge in [0.25, 0.3) is 0 Å². The van der Waals surface area contributed by atoms with Gasteiger partial charge in [0.1, 0.15) is 11.5 Å². The standard InChI is InChI=1S/C58H80N4O8/c1-7-13-35-67-51-26-25-43(39-52(51)68-36-14-8-2)56-45-41-54(70-38-16-10-4)53(69-37-15-9-3)40-44(45)46(42-55(63)61-31-27-59(28-32-61)47-21-17-19-23-49(47)65-11-5)57(56)58(64)62-33-29-60(30-34-62)48-22-18-20-24-50(48)66-12-6/h17-26,39-41,46,56-57H,7-16,27-38,42H2,1-6H3. The van der Waals surface area contributed by atoms with Crippen LogP contribution in [0.1, 0.15) is 128 Å². The highest BCUT2D eigenvalue weighted by Crippen LogP contribution is 2.55. The molecule has 3 aliphatic rings. The summed E-state index contributed by atoms with van der Waals surface area (Å²) < 4.78 is 38.1. The molecule has 380 valence electrons. The Labute approximate surface area is 418 Å². The summed E-state index contributed by atoms with van der Waals surface area (Å²) in [5, 5.41) is 0. The first-order valence-electron chi connectivity index (χ1n) is 26.7. The molecule has 0 radical (unpaired) electrons. The van der Waals surface area contributed by atoms with Crippen LogP contribution in [0.25, 0.3) is 0 Å². The van der Waals surface area contributed by atoms with Crippen molar-refractivity contribution in [3.05, 3.63) is 95.6 Å². The molecule has 7 rings (SSSR count). The van der Waals surface area contributed by atoms with Gasteiger partial charge in [0.15, 0.2) is 23.0 Å². The average molecular weight is 961 g/mol. The van der Waals surface area contributed by atoms with E-state index in [1.807, 2.05) is 66.1 Å². The number of unbranched alkanes of at least 4 members (excludes halogenated alkanes) is 4. The molecular weight excluding hydrogens is 881 g/mol. The molecule has 0 bridgehead atoms. The van der Waals surface area contributed by atoms with Gasteiger partial charge in [0.2, 0.25) is 11.8 Å². The SMILES string of the molecule is CCCCOc1ccc(C2c3cc(OCCCC)c(OCCCC)cc3C(CC(=O)N3CCN(c4ccccc4OCC)CC3)C2C(=O)N2CCN(c3ccccc3OCC)CC2)cc1OCCCC. The number of benzene rings is 4. The first-order valence-corrected chi connectivity index (χ1v) is 26.7. The van der Waals surface area contributed by atoms with Gasteiger partial charge >= 0.3 is 0 Å². The van der Waals surface area contributed by atoms with Crippen LogP contribution in [0, 0.1) is 5.92 Å². The van der Waals surface area contributed by atoms with Crippen molar-refractivity contribution in [3.63, 3.8) is 0 Å². The molecule has 0 spiro atoms. The lowest BCUT2D eigenvalue weighted by atomic mass is 9.79. The van der Waals surface area contributed by atoms with Crippen LogP contribution in [-0.4, -0.2) is 114 Å². The quantitative estimate of drug-likeness (QED) is 0.0565. The lowest BCUT2D eigenvalue weighted by molar-refractivity contribution is -0.138. The molecule has 2 heterocycles. The molecule has 12 heteroatoms. The molecule has 2 aliphatic heterocycles. The number of nitrogens with zero attached hydrogens (tertiary/aromatic N) is 4. The Kier molecular flexibility index (Phi) is 19.7. The van der Waals surface area contributed by atoms with Gasteiger partial charge in [-0.2, -0.15) is 0 Å². The Morgan fingerprint density at radius 3 is 1.40 bits per heavy atom. The van der Waals surface area contributed by atoms with Crippen LogP contribution in [0.3, 0.4) is 0 Å². The van der Waals surface area contributed by atoms with Crippen LogP contribution in [0.15, 0.2) is 78.9 Å². The van der Waals surface area contributed by atoms with E-state index in [-0.39, 0.29) is 18.2 Å². The fourth-order valence-electron chi connectivity index (χ4n) is 10.1. The molecule has 12 nitrogen and oxygen atoms in total. The van der Waals surface area contributed by atoms with Crippen molar-refractivity contribution < 1.29 is 38.0 Å². The monoisotopic (exact) mass is 961 g/mol. The molecular formula is C58H80N4O8. The van der Waals surface area contributed by atoms with Crippen LogP contribution in [-0.2, 0) is 9.59 Å². The van der Waals surface area contributed by atoms with Crippen LogP contribution in [0.4, 0.5) is 11.4 Å². The van der Waals surface area contributed by atoms with Gasteiger partial charge in [-0.05, 0) is 105 Å². The Hall–Kier alpha value is -5.78. The minimum Gasteiger partial charge on any atom is -0.492 e. The van der Waals surface area contributed by atoms with E-state index in [0.29, 0.717) is 115 Å². The summed E-state index contributed by atoms with van der Waals surface area (Å²) in [5.41, 5.74) is 5.00. The van der Waals surface area contributed by atoms with Gasteiger partial charge in [-0.25, -0.2) is 0 Å². The van der Waals surface area contributed by atoms with E-state index in [4.69, 9.17) is 28.4 Å². The number of hydrogen-bond acceptors (Lipinski definition) is 10. The number of anilines is 2. The highest BCUT2D eigenvalue weighted by Gasteiger charge is 2.49. The normalized spacial score (nSPS) is 17.8. The van der Waals surface area contributed by atoms with Crippen molar-refractivity contribution in [2.75, 3.05) is 102 Å². The van der Waals surface area contributed by atoms with Gasteiger partial charge in [0.05, 0.1) is 56.9 Å². The molecule has 4 aromatic carbocycles. The van der Waals surface area contributed by atoms with Gasteiger partial charge in [-0.3, -0.25) is 9.59 Å². The molecule has 1 aliphatic carbocycles. The second-order valence-corrected chi connectivity index (χ2v) is 18.7. The van der Waals surface area contributed by atoms with Crippen molar-refractivity contribution in [3.8, 4) is 34.5 Å². The van der Waals surface area contributed by atoms with Crippen LogP contribution < -0.4 is 38.2 Å². The fraction of sp³-hybridized carbons (Fsp3) is 0.552. The molecule has 4 aromatic rings. The Balaban J connectivity index is 1.29. The summed E-state index contributed by atoms with van der Waals surface area (Å²) in [5.74, 6) is 3.10. The Morgan fingerprint density at radius 2 is 0.914 bits per heavy atom. The molecule has 2 amide bonds. The first-order chi connectivity index (χ1) is 34.3. The Bertz CT molecular complexity index is 2270. The van der Waals surface area contributed by atoms with Gasteiger partial charge in [-0.15, -0.1) is 0 Å². The number of carbonyl (C=O) groups is 2.